The number of carbonyl (C=O) groups excluding carboxylic acids is 1. The summed E-state index contributed by atoms with van der Waals surface area (Å²) in [5, 5.41) is 3.69. The monoisotopic (exact) mass is 381 g/mol. The summed E-state index contributed by atoms with van der Waals surface area (Å²) < 4.78 is 7.42. The first kappa shape index (κ1) is 19.0. The van der Waals surface area contributed by atoms with Crippen molar-refractivity contribution in [3.05, 3.63) is 66.0 Å². The van der Waals surface area contributed by atoms with Crippen LogP contribution >= 0.6 is 11.8 Å². The third-order valence-corrected chi connectivity index (χ3v) is 4.84. The Hall–Kier alpha value is -2.73. The van der Waals surface area contributed by atoms with Crippen molar-refractivity contribution in [2.45, 2.75) is 25.9 Å². The summed E-state index contributed by atoms with van der Waals surface area (Å²) >= 11 is 1.41. The van der Waals surface area contributed by atoms with Crippen LogP contribution in [0.3, 0.4) is 0 Å². The molecule has 0 atom stereocenters. The van der Waals surface area contributed by atoms with Crippen LogP contribution in [0.1, 0.15) is 18.1 Å². The van der Waals surface area contributed by atoms with Crippen LogP contribution in [0, 0.1) is 13.8 Å². The maximum absolute atomic E-state index is 12.3. The number of rotatable bonds is 7. The lowest BCUT2D eigenvalue weighted by molar-refractivity contribution is -0.113. The second kappa shape index (κ2) is 8.77. The summed E-state index contributed by atoms with van der Waals surface area (Å²) in [7, 11) is 0. The Balaban J connectivity index is 1.62. The number of anilines is 1. The van der Waals surface area contributed by atoms with E-state index >= 15 is 0 Å². The second-order valence-electron chi connectivity index (χ2n) is 6.22. The van der Waals surface area contributed by atoms with Crippen LogP contribution in [0.15, 0.2) is 60.0 Å². The Morgan fingerprint density at radius 2 is 1.85 bits per heavy atom. The highest BCUT2D eigenvalue weighted by Gasteiger charge is 2.10. The molecule has 3 aromatic rings. The van der Waals surface area contributed by atoms with E-state index in [1.165, 1.54) is 22.9 Å². The van der Waals surface area contributed by atoms with Gasteiger partial charge in [0.05, 0.1) is 12.4 Å². The molecule has 1 amide bonds. The molecule has 0 aliphatic rings. The maximum Gasteiger partial charge on any atom is 0.234 e. The topological polar surface area (TPSA) is 56.1 Å². The Morgan fingerprint density at radius 3 is 2.52 bits per heavy atom. The molecule has 0 saturated carbocycles. The highest BCUT2D eigenvalue weighted by atomic mass is 32.2. The number of ether oxygens (including phenoxy) is 1. The number of nitrogens with one attached hydrogen (secondary N) is 1. The van der Waals surface area contributed by atoms with Gasteiger partial charge in [0.1, 0.15) is 5.75 Å². The van der Waals surface area contributed by atoms with Gasteiger partial charge in [0, 0.05) is 23.8 Å². The van der Waals surface area contributed by atoms with E-state index < -0.39 is 0 Å². The molecule has 1 heterocycles. The van der Waals surface area contributed by atoms with Crippen LogP contribution in [-0.2, 0) is 4.79 Å². The fourth-order valence-electron chi connectivity index (χ4n) is 2.81. The number of aryl methyl sites for hydroxylation is 2. The van der Waals surface area contributed by atoms with Crippen molar-refractivity contribution >= 4 is 23.4 Å². The molecule has 27 heavy (non-hydrogen) atoms. The van der Waals surface area contributed by atoms with Gasteiger partial charge in [-0.2, -0.15) is 0 Å². The van der Waals surface area contributed by atoms with Gasteiger partial charge in [-0.1, -0.05) is 17.8 Å². The normalized spacial score (nSPS) is 10.6. The molecule has 0 aliphatic heterocycles. The van der Waals surface area contributed by atoms with Crippen molar-refractivity contribution < 1.29 is 9.53 Å². The van der Waals surface area contributed by atoms with Crippen LogP contribution in [0.4, 0.5) is 5.69 Å². The Morgan fingerprint density at radius 1 is 1.15 bits per heavy atom. The van der Waals surface area contributed by atoms with Gasteiger partial charge in [0.15, 0.2) is 5.16 Å². The molecule has 1 N–H and O–H groups in total. The van der Waals surface area contributed by atoms with Gasteiger partial charge in [-0.05, 0) is 68.3 Å². The molecule has 140 valence electrons. The lowest BCUT2D eigenvalue weighted by Gasteiger charge is -2.10. The van der Waals surface area contributed by atoms with Gasteiger partial charge in [0.25, 0.3) is 0 Å². The number of benzene rings is 2. The molecule has 0 radical (unpaired) electrons. The Labute approximate surface area is 163 Å². The zero-order valence-electron chi connectivity index (χ0n) is 15.7. The fourth-order valence-corrected chi connectivity index (χ4v) is 3.58. The summed E-state index contributed by atoms with van der Waals surface area (Å²) in [4.78, 5) is 16.7. The smallest absolute Gasteiger partial charge is 0.234 e. The number of hydrogen-bond acceptors (Lipinski definition) is 4. The third-order valence-electron chi connectivity index (χ3n) is 3.87. The molecule has 1 aromatic heterocycles. The number of imidazole rings is 1. The average Bonchev–Trinajstić information content (AvgIpc) is 3.10. The second-order valence-corrected chi connectivity index (χ2v) is 7.16. The number of thioether (sulfide) groups is 1. The lowest BCUT2D eigenvalue weighted by atomic mass is 10.1. The van der Waals surface area contributed by atoms with Gasteiger partial charge < -0.3 is 10.1 Å². The predicted octanol–water partition coefficient (Wildman–Crippen LogP) is 4.62. The molecule has 0 spiro atoms. The molecule has 3 rings (SSSR count). The van der Waals surface area contributed by atoms with E-state index in [2.05, 4.69) is 42.3 Å². The lowest BCUT2D eigenvalue weighted by Crippen LogP contribution is -2.14. The van der Waals surface area contributed by atoms with Crippen LogP contribution in [0.2, 0.25) is 0 Å². The van der Waals surface area contributed by atoms with E-state index in [4.69, 9.17) is 4.74 Å². The number of carbonyl (C=O) groups is 1. The minimum Gasteiger partial charge on any atom is -0.494 e. The van der Waals surface area contributed by atoms with Gasteiger partial charge >= 0.3 is 0 Å². The van der Waals surface area contributed by atoms with E-state index in [1.807, 2.05) is 42.0 Å². The molecule has 5 nitrogen and oxygen atoms in total. The molecule has 2 aromatic carbocycles. The number of nitrogens with zero attached hydrogens (tertiary/aromatic N) is 2. The summed E-state index contributed by atoms with van der Waals surface area (Å²) in [5.41, 5.74) is 4.20. The van der Waals surface area contributed by atoms with Crippen LogP contribution in [-0.4, -0.2) is 27.8 Å². The van der Waals surface area contributed by atoms with Crippen LogP contribution in [0.25, 0.3) is 5.69 Å². The van der Waals surface area contributed by atoms with Crippen LogP contribution < -0.4 is 10.1 Å². The average molecular weight is 382 g/mol. The van der Waals surface area contributed by atoms with Gasteiger partial charge in [-0.15, -0.1) is 0 Å². The Kier molecular flexibility index (Phi) is 6.19. The van der Waals surface area contributed by atoms with Crippen molar-refractivity contribution in [3.63, 3.8) is 0 Å². The van der Waals surface area contributed by atoms with Crippen molar-refractivity contribution in [1.82, 2.24) is 9.55 Å². The van der Waals surface area contributed by atoms with E-state index in [0.29, 0.717) is 6.61 Å². The predicted molar refractivity (Wildman–Crippen MR) is 110 cm³/mol. The summed E-state index contributed by atoms with van der Waals surface area (Å²) in [6.45, 7) is 6.71. The summed E-state index contributed by atoms with van der Waals surface area (Å²) in [5.74, 6) is 1.01. The fraction of sp³-hybridized carbons (Fsp3) is 0.238. The van der Waals surface area contributed by atoms with E-state index in [-0.39, 0.29) is 11.7 Å². The minimum atomic E-state index is -0.0702. The van der Waals surface area contributed by atoms with Crippen molar-refractivity contribution in [2.24, 2.45) is 0 Å². The first-order chi connectivity index (χ1) is 13.0. The summed E-state index contributed by atoms with van der Waals surface area (Å²) in [6.07, 6.45) is 3.67. The highest BCUT2D eigenvalue weighted by Crippen LogP contribution is 2.23. The third kappa shape index (κ3) is 5.14. The van der Waals surface area contributed by atoms with Gasteiger partial charge in [0.2, 0.25) is 5.91 Å². The maximum atomic E-state index is 12.3. The zero-order chi connectivity index (χ0) is 19.2. The molecule has 0 fully saturated rings. The first-order valence-corrected chi connectivity index (χ1v) is 9.81. The standard InChI is InChI=1S/C21H23N3O2S/c1-4-26-19-7-5-17(6-8-19)23-20(25)14-27-21-22-9-10-24(21)18-12-15(2)11-16(3)13-18/h5-13H,4,14H2,1-3H3,(H,23,25). The Bertz CT molecular complexity index is 899. The molecular formula is C21H23N3O2S. The number of hydrogen-bond donors (Lipinski definition) is 1. The largest absolute Gasteiger partial charge is 0.494 e. The van der Waals surface area contributed by atoms with Crippen molar-refractivity contribution in [3.8, 4) is 11.4 Å². The molecule has 0 unspecified atom stereocenters. The molecule has 6 heteroatoms. The molecule has 0 aliphatic carbocycles. The van der Waals surface area contributed by atoms with E-state index in [0.717, 1.165) is 22.3 Å². The van der Waals surface area contributed by atoms with Gasteiger partial charge in [-0.25, -0.2) is 4.98 Å². The minimum absolute atomic E-state index is 0.0702. The zero-order valence-corrected chi connectivity index (χ0v) is 16.5. The van der Waals surface area contributed by atoms with Crippen molar-refractivity contribution in [2.75, 3.05) is 17.7 Å². The van der Waals surface area contributed by atoms with E-state index in [9.17, 15) is 4.79 Å². The molecule has 0 saturated heterocycles. The van der Waals surface area contributed by atoms with Crippen LogP contribution in [0.5, 0.6) is 5.75 Å². The molecule has 0 bridgehead atoms. The number of amides is 1. The quantitative estimate of drug-likeness (QED) is 0.607. The SMILES string of the molecule is CCOc1ccc(NC(=O)CSc2nccn2-c2cc(C)cc(C)c2)cc1. The summed E-state index contributed by atoms with van der Waals surface area (Å²) in [6, 6.07) is 13.7. The first-order valence-electron chi connectivity index (χ1n) is 8.82. The highest BCUT2D eigenvalue weighted by molar-refractivity contribution is 7.99. The van der Waals surface area contributed by atoms with Crippen molar-refractivity contribution in [1.29, 1.82) is 0 Å². The number of aromatic nitrogens is 2. The molecular weight excluding hydrogens is 358 g/mol. The van der Waals surface area contributed by atoms with Gasteiger partial charge in [-0.3, -0.25) is 9.36 Å². The van der Waals surface area contributed by atoms with E-state index in [1.54, 1.807) is 6.20 Å².